The lowest BCUT2D eigenvalue weighted by atomic mass is 10.1. The topological polar surface area (TPSA) is 47.1 Å². The van der Waals surface area contributed by atoms with Gasteiger partial charge in [-0.3, -0.25) is 4.90 Å². The van der Waals surface area contributed by atoms with Crippen LogP contribution in [-0.2, 0) is 0 Å². The van der Waals surface area contributed by atoms with Crippen LogP contribution in [-0.4, -0.2) is 34.1 Å². The van der Waals surface area contributed by atoms with E-state index in [9.17, 15) is 0 Å². The minimum atomic E-state index is 0.325. The summed E-state index contributed by atoms with van der Waals surface area (Å²) in [5.41, 5.74) is 7.28. The normalized spacial score (nSPS) is 22.8. The summed E-state index contributed by atoms with van der Waals surface area (Å²) >= 11 is 0. The molecule has 0 spiro atoms. The molecule has 2 atom stereocenters. The molecule has 1 fully saturated rings. The number of imidazole rings is 1. The Balaban J connectivity index is 2.15. The Morgan fingerprint density at radius 2 is 2.28 bits per heavy atom. The maximum atomic E-state index is 6.02. The molecule has 1 aromatic heterocycles. The molecule has 2 rings (SSSR count). The minimum absolute atomic E-state index is 0.325. The third-order valence-electron chi connectivity index (χ3n) is 4.15. The molecule has 2 unspecified atom stereocenters. The van der Waals surface area contributed by atoms with Crippen LogP contribution < -0.4 is 5.73 Å². The number of nitrogens with two attached hydrogens (primary N) is 1. The van der Waals surface area contributed by atoms with Crippen molar-refractivity contribution in [2.24, 2.45) is 11.7 Å². The average molecular weight is 250 g/mol. The van der Waals surface area contributed by atoms with Gasteiger partial charge in [0.1, 0.15) is 0 Å². The van der Waals surface area contributed by atoms with Crippen molar-refractivity contribution in [3.8, 4) is 0 Å². The second-order valence-corrected chi connectivity index (χ2v) is 5.63. The number of aromatic nitrogens is 2. The Labute approximate surface area is 110 Å². The van der Waals surface area contributed by atoms with Gasteiger partial charge >= 0.3 is 0 Å². The standard InChI is InChI=1S/C14H26N4/c1-4-12-5-6-17(9-12)13(7-15)14-8-16-10-18(14)11(2)3/h8,10-13H,4-7,9,15H2,1-3H3. The highest BCUT2D eigenvalue weighted by Crippen LogP contribution is 2.29. The molecule has 102 valence electrons. The van der Waals surface area contributed by atoms with Crippen LogP contribution in [0.4, 0.5) is 0 Å². The number of nitrogens with zero attached hydrogens (tertiary/aromatic N) is 3. The van der Waals surface area contributed by atoms with Gasteiger partial charge < -0.3 is 10.3 Å². The summed E-state index contributed by atoms with van der Waals surface area (Å²) in [6, 6.07) is 0.771. The van der Waals surface area contributed by atoms with Crippen molar-refractivity contribution in [1.82, 2.24) is 14.5 Å². The maximum Gasteiger partial charge on any atom is 0.0951 e. The maximum absolute atomic E-state index is 6.02. The lowest BCUT2D eigenvalue weighted by Crippen LogP contribution is -2.33. The summed E-state index contributed by atoms with van der Waals surface area (Å²) in [5, 5.41) is 0. The molecule has 0 radical (unpaired) electrons. The minimum Gasteiger partial charge on any atom is -0.331 e. The number of hydrogen-bond donors (Lipinski definition) is 1. The second-order valence-electron chi connectivity index (χ2n) is 5.63. The highest BCUT2D eigenvalue weighted by molar-refractivity contribution is 5.08. The Morgan fingerprint density at radius 1 is 1.50 bits per heavy atom. The van der Waals surface area contributed by atoms with Crippen LogP contribution in [0.25, 0.3) is 0 Å². The van der Waals surface area contributed by atoms with Gasteiger partial charge in [-0.05, 0) is 32.7 Å². The molecule has 1 aromatic rings. The van der Waals surface area contributed by atoms with E-state index in [0.717, 1.165) is 5.92 Å². The van der Waals surface area contributed by atoms with Crippen LogP contribution in [0, 0.1) is 5.92 Å². The van der Waals surface area contributed by atoms with Crippen LogP contribution in [0.3, 0.4) is 0 Å². The zero-order valence-corrected chi connectivity index (χ0v) is 11.8. The first kappa shape index (κ1) is 13.6. The fourth-order valence-electron chi connectivity index (χ4n) is 2.94. The zero-order chi connectivity index (χ0) is 13.1. The van der Waals surface area contributed by atoms with Crippen LogP contribution >= 0.6 is 0 Å². The Kier molecular flexibility index (Phi) is 4.40. The van der Waals surface area contributed by atoms with Crippen molar-refractivity contribution in [2.45, 2.75) is 45.7 Å². The quantitative estimate of drug-likeness (QED) is 0.871. The molecule has 18 heavy (non-hydrogen) atoms. The Hall–Kier alpha value is -0.870. The average Bonchev–Trinajstić information content (AvgIpc) is 2.98. The smallest absolute Gasteiger partial charge is 0.0951 e. The van der Waals surface area contributed by atoms with E-state index in [4.69, 9.17) is 5.73 Å². The molecule has 0 saturated carbocycles. The van der Waals surface area contributed by atoms with E-state index >= 15 is 0 Å². The van der Waals surface area contributed by atoms with Gasteiger partial charge in [0.05, 0.1) is 18.1 Å². The van der Waals surface area contributed by atoms with E-state index in [1.165, 1.54) is 31.6 Å². The lowest BCUT2D eigenvalue weighted by molar-refractivity contribution is 0.229. The Bertz CT molecular complexity index is 372. The fraction of sp³-hybridized carbons (Fsp3) is 0.786. The van der Waals surface area contributed by atoms with E-state index in [0.29, 0.717) is 18.6 Å². The molecule has 0 amide bonds. The van der Waals surface area contributed by atoms with Crippen molar-refractivity contribution in [3.63, 3.8) is 0 Å². The van der Waals surface area contributed by atoms with Gasteiger partial charge in [0, 0.05) is 25.3 Å². The number of rotatable bonds is 5. The number of hydrogen-bond acceptors (Lipinski definition) is 3. The molecule has 2 N–H and O–H groups in total. The molecule has 1 saturated heterocycles. The van der Waals surface area contributed by atoms with E-state index in [1.807, 2.05) is 12.5 Å². The predicted molar refractivity (Wildman–Crippen MR) is 74.4 cm³/mol. The van der Waals surface area contributed by atoms with Gasteiger partial charge in [0.15, 0.2) is 0 Å². The molecule has 0 aliphatic carbocycles. The van der Waals surface area contributed by atoms with Gasteiger partial charge in [-0.25, -0.2) is 4.98 Å². The van der Waals surface area contributed by atoms with Crippen LogP contribution in [0.2, 0.25) is 0 Å². The molecular formula is C14H26N4. The van der Waals surface area contributed by atoms with Gasteiger partial charge in [0.2, 0.25) is 0 Å². The van der Waals surface area contributed by atoms with Crippen molar-refractivity contribution in [2.75, 3.05) is 19.6 Å². The highest BCUT2D eigenvalue weighted by Gasteiger charge is 2.29. The number of likely N-dealkylation sites (tertiary alicyclic amines) is 1. The molecule has 1 aliphatic heterocycles. The molecule has 4 nitrogen and oxygen atoms in total. The fourth-order valence-corrected chi connectivity index (χ4v) is 2.94. The third kappa shape index (κ3) is 2.59. The molecule has 0 aromatic carbocycles. The van der Waals surface area contributed by atoms with E-state index in [1.54, 1.807) is 0 Å². The molecule has 4 heteroatoms. The van der Waals surface area contributed by atoms with Gasteiger partial charge in [-0.2, -0.15) is 0 Å². The van der Waals surface area contributed by atoms with Crippen molar-refractivity contribution in [1.29, 1.82) is 0 Å². The Morgan fingerprint density at radius 3 is 2.83 bits per heavy atom. The highest BCUT2D eigenvalue weighted by atomic mass is 15.2. The first-order valence-electron chi connectivity index (χ1n) is 7.13. The summed E-state index contributed by atoms with van der Waals surface area (Å²) in [7, 11) is 0. The first-order valence-corrected chi connectivity index (χ1v) is 7.13. The summed E-state index contributed by atoms with van der Waals surface area (Å²) in [4.78, 5) is 6.84. The summed E-state index contributed by atoms with van der Waals surface area (Å²) in [5.74, 6) is 0.842. The largest absolute Gasteiger partial charge is 0.331 e. The predicted octanol–water partition coefficient (Wildman–Crippen LogP) is 2.20. The summed E-state index contributed by atoms with van der Waals surface area (Å²) in [6.45, 7) is 9.69. The zero-order valence-electron chi connectivity index (χ0n) is 11.8. The molecule has 2 heterocycles. The SMILES string of the molecule is CCC1CCN(C(CN)c2cncn2C(C)C)C1. The molecule has 0 bridgehead atoms. The van der Waals surface area contributed by atoms with Crippen LogP contribution in [0.5, 0.6) is 0 Å². The third-order valence-corrected chi connectivity index (χ3v) is 4.15. The van der Waals surface area contributed by atoms with Crippen LogP contribution in [0.15, 0.2) is 12.5 Å². The van der Waals surface area contributed by atoms with Gasteiger partial charge in [0.25, 0.3) is 0 Å². The van der Waals surface area contributed by atoms with Gasteiger partial charge in [-0.1, -0.05) is 13.3 Å². The molecule has 1 aliphatic rings. The summed E-state index contributed by atoms with van der Waals surface area (Å²) in [6.07, 6.45) is 6.49. The van der Waals surface area contributed by atoms with E-state index in [-0.39, 0.29) is 0 Å². The van der Waals surface area contributed by atoms with Crippen molar-refractivity contribution >= 4 is 0 Å². The van der Waals surface area contributed by atoms with Gasteiger partial charge in [-0.15, -0.1) is 0 Å². The van der Waals surface area contributed by atoms with E-state index in [2.05, 4.69) is 35.2 Å². The van der Waals surface area contributed by atoms with Crippen molar-refractivity contribution < 1.29 is 0 Å². The second kappa shape index (κ2) is 5.85. The first-order chi connectivity index (χ1) is 8.67. The lowest BCUT2D eigenvalue weighted by Gasteiger charge is -2.28. The molecular weight excluding hydrogens is 224 g/mol. The van der Waals surface area contributed by atoms with E-state index < -0.39 is 0 Å². The van der Waals surface area contributed by atoms with Crippen molar-refractivity contribution in [3.05, 3.63) is 18.2 Å². The monoisotopic (exact) mass is 250 g/mol. The van der Waals surface area contributed by atoms with Crippen LogP contribution in [0.1, 0.15) is 51.4 Å². The summed E-state index contributed by atoms with van der Waals surface area (Å²) < 4.78 is 2.25.